The second-order valence-electron chi connectivity index (χ2n) is 9.97. The van der Waals surface area contributed by atoms with Crippen molar-refractivity contribution in [3.8, 4) is 0 Å². The summed E-state index contributed by atoms with van der Waals surface area (Å²) in [6.07, 6.45) is 5.96. The van der Waals surface area contributed by atoms with E-state index in [2.05, 4.69) is 58.9 Å². The van der Waals surface area contributed by atoms with E-state index in [1.165, 1.54) is 48.5 Å². The van der Waals surface area contributed by atoms with Crippen LogP contribution in [0, 0.1) is 0 Å². The second-order valence-corrected chi connectivity index (χ2v) is 9.97. The molecule has 0 saturated carbocycles. The number of benzene rings is 3. The SMILES string of the molecule is O=CCN(NCC(CCCN1CCCCC1)(c1ccccc1)c1ccccc1)C(=O)OCc1ccccc1. The van der Waals surface area contributed by atoms with Crippen molar-refractivity contribution in [2.75, 3.05) is 32.7 Å². The lowest BCUT2D eigenvalue weighted by molar-refractivity contribution is -0.109. The Bertz CT molecular complexity index is 1060. The van der Waals surface area contributed by atoms with Gasteiger partial charge >= 0.3 is 6.09 Å². The Balaban J connectivity index is 1.54. The van der Waals surface area contributed by atoms with Crippen molar-refractivity contribution in [2.24, 2.45) is 0 Å². The largest absolute Gasteiger partial charge is 0.444 e. The molecular formula is C32H39N3O3. The minimum Gasteiger partial charge on any atom is -0.444 e. The number of nitrogens with one attached hydrogen (secondary N) is 1. The first-order valence-corrected chi connectivity index (χ1v) is 13.7. The summed E-state index contributed by atoms with van der Waals surface area (Å²) in [6, 6.07) is 30.5. The number of ether oxygens (including phenoxy) is 1. The molecule has 1 amide bonds. The average Bonchev–Trinajstić information content (AvgIpc) is 2.99. The van der Waals surface area contributed by atoms with Crippen LogP contribution in [0.15, 0.2) is 91.0 Å². The Morgan fingerprint density at radius 1 is 0.868 bits per heavy atom. The van der Waals surface area contributed by atoms with Crippen molar-refractivity contribution in [2.45, 2.75) is 44.1 Å². The van der Waals surface area contributed by atoms with Gasteiger partial charge in [-0.15, -0.1) is 0 Å². The van der Waals surface area contributed by atoms with E-state index in [4.69, 9.17) is 4.74 Å². The van der Waals surface area contributed by atoms with E-state index in [-0.39, 0.29) is 18.6 Å². The minimum absolute atomic E-state index is 0.0962. The van der Waals surface area contributed by atoms with E-state index in [0.717, 1.165) is 31.2 Å². The van der Waals surface area contributed by atoms with Gasteiger partial charge in [0.25, 0.3) is 0 Å². The number of hydrogen-bond acceptors (Lipinski definition) is 5. The van der Waals surface area contributed by atoms with E-state index >= 15 is 0 Å². The molecule has 1 N–H and O–H groups in total. The van der Waals surface area contributed by atoms with Gasteiger partial charge in [-0.1, -0.05) is 97.4 Å². The lowest BCUT2D eigenvalue weighted by Crippen LogP contribution is -2.50. The summed E-state index contributed by atoms with van der Waals surface area (Å²) >= 11 is 0. The van der Waals surface area contributed by atoms with Crippen LogP contribution in [0.25, 0.3) is 0 Å². The Morgan fingerprint density at radius 2 is 1.45 bits per heavy atom. The molecule has 1 aliphatic heterocycles. The lowest BCUT2D eigenvalue weighted by Gasteiger charge is -2.38. The summed E-state index contributed by atoms with van der Waals surface area (Å²) in [4.78, 5) is 27.1. The third-order valence-electron chi connectivity index (χ3n) is 7.43. The average molecular weight is 514 g/mol. The first kappa shape index (κ1) is 27.6. The Morgan fingerprint density at radius 3 is 2.03 bits per heavy atom. The number of amides is 1. The lowest BCUT2D eigenvalue weighted by atomic mass is 9.71. The molecule has 3 aromatic rings. The summed E-state index contributed by atoms with van der Waals surface area (Å²) in [5.41, 5.74) is 6.17. The van der Waals surface area contributed by atoms with Crippen LogP contribution in [-0.2, 0) is 21.6 Å². The molecule has 6 nitrogen and oxygen atoms in total. The smallest absolute Gasteiger partial charge is 0.424 e. The molecule has 1 heterocycles. The quantitative estimate of drug-likeness (QED) is 0.239. The predicted molar refractivity (Wildman–Crippen MR) is 151 cm³/mol. The maximum atomic E-state index is 13.0. The zero-order valence-electron chi connectivity index (χ0n) is 22.1. The molecule has 0 spiro atoms. The van der Waals surface area contributed by atoms with Crippen LogP contribution in [0.4, 0.5) is 4.79 Å². The maximum Gasteiger partial charge on any atom is 0.424 e. The topological polar surface area (TPSA) is 61.9 Å². The molecule has 0 atom stereocenters. The first-order valence-electron chi connectivity index (χ1n) is 13.7. The van der Waals surface area contributed by atoms with Gasteiger partial charge in [0.2, 0.25) is 0 Å². The standard InChI is InChI=1S/C32H39N3O3/c36-25-24-35(31(37)38-26-28-14-5-1-6-15-28)33-27-32(29-16-7-2-8-17-29,30-18-9-3-10-19-30)20-13-23-34-21-11-4-12-22-34/h1-3,5-10,14-19,25,33H,4,11-13,20-24,26-27H2. The number of piperidine rings is 1. The number of carbonyl (C=O) groups excluding carboxylic acids is 2. The van der Waals surface area contributed by atoms with E-state index in [1.54, 1.807) is 0 Å². The highest BCUT2D eigenvalue weighted by Crippen LogP contribution is 2.37. The summed E-state index contributed by atoms with van der Waals surface area (Å²) in [6.45, 7) is 3.90. The number of hydrazine groups is 1. The highest BCUT2D eigenvalue weighted by Gasteiger charge is 2.35. The van der Waals surface area contributed by atoms with Crippen molar-refractivity contribution >= 4 is 12.4 Å². The van der Waals surface area contributed by atoms with Crippen LogP contribution >= 0.6 is 0 Å². The molecule has 6 heteroatoms. The van der Waals surface area contributed by atoms with Gasteiger partial charge in [-0.25, -0.2) is 15.2 Å². The monoisotopic (exact) mass is 513 g/mol. The van der Waals surface area contributed by atoms with Gasteiger partial charge in [-0.2, -0.15) is 0 Å². The van der Waals surface area contributed by atoms with Crippen LogP contribution in [0.2, 0.25) is 0 Å². The summed E-state index contributed by atoms with van der Waals surface area (Å²) < 4.78 is 5.54. The van der Waals surface area contributed by atoms with E-state index in [9.17, 15) is 9.59 Å². The highest BCUT2D eigenvalue weighted by molar-refractivity contribution is 5.70. The third-order valence-corrected chi connectivity index (χ3v) is 7.43. The second kappa shape index (κ2) is 14.5. The molecule has 38 heavy (non-hydrogen) atoms. The number of nitrogens with zero attached hydrogens (tertiary/aromatic N) is 2. The fraction of sp³-hybridized carbons (Fsp3) is 0.375. The maximum absolute atomic E-state index is 13.0. The normalized spacial score (nSPS) is 14.1. The Kier molecular flexibility index (Phi) is 10.5. The van der Waals surface area contributed by atoms with Gasteiger partial charge in [-0.3, -0.25) is 0 Å². The van der Waals surface area contributed by atoms with Crippen LogP contribution in [-0.4, -0.2) is 55.0 Å². The molecule has 0 aliphatic carbocycles. The summed E-state index contributed by atoms with van der Waals surface area (Å²) in [5.74, 6) is 0. The fourth-order valence-electron chi connectivity index (χ4n) is 5.36. The van der Waals surface area contributed by atoms with Crippen molar-refractivity contribution in [3.05, 3.63) is 108 Å². The fourth-order valence-corrected chi connectivity index (χ4v) is 5.36. The molecular weight excluding hydrogens is 474 g/mol. The van der Waals surface area contributed by atoms with Crippen molar-refractivity contribution in [1.82, 2.24) is 15.3 Å². The predicted octanol–water partition coefficient (Wildman–Crippen LogP) is 5.58. The van der Waals surface area contributed by atoms with Gasteiger partial charge in [0.15, 0.2) is 0 Å². The van der Waals surface area contributed by atoms with Crippen molar-refractivity contribution in [3.63, 3.8) is 0 Å². The van der Waals surface area contributed by atoms with Gasteiger partial charge in [0.1, 0.15) is 12.9 Å². The molecule has 200 valence electrons. The number of hydrogen-bond donors (Lipinski definition) is 1. The highest BCUT2D eigenvalue weighted by atomic mass is 16.6. The molecule has 1 aliphatic rings. The molecule has 1 fully saturated rings. The zero-order chi connectivity index (χ0) is 26.5. The number of carbonyl (C=O) groups is 2. The van der Waals surface area contributed by atoms with Crippen LogP contribution < -0.4 is 5.43 Å². The van der Waals surface area contributed by atoms with Gasteiger partial charge in [0, 0.05) is 12.0 Å². The number of aldehydes is 1. The van der Waals surface area contributed by atoms with Gasteiger partial charge in [-0.05, 0) is 62.0 Å². The van der Waals surface area contributed by atoms with Gasteiger partial charge < -0.3 is 14.4 Å². The molecule has 4 rings (SSSR count). The molecule has 0 bridgehead atoms. The van der Waals surface area contributed by atoms with Crippen molar-refractivity contribution in [1.29, 1.82) is 0 Å². The zero-order valence-corrected chi connectivity index (χ0v) is 22.1. The van der Waals surface area contributed by atoms with E-state index in [0.29, 0.717) is 6.54 Å². The van der Waals surface area contributed by atoms with Gasteiger partial charge in [0.05, 0.1) is 6.54 Å². The number of likely N-dealkylation sites (tertiary alicyclic amines) is 1. The molecule has 0 aromatic heterocycles. The molecule has 1 saturated heterocycles. The summed E-state index contributed by atoms with van der Waals surface area (Å²) in [7, 11) is 0. The third kappa shape index (κ3) is 7.53. The Hall–Kier alpha value is -3.48. The van der Waals surface area contributed by atoms with Crippen molar-refractivity contribution < 1.29 is 14.3 Å². The number of rotatable bonds is 13. The molecule has 0 unspecified atom stereocenters. The van der Waals surface area contributed by atoms with E-state index in [1.807, 2.05) is 42.5 Å². The van der Waals surface area contributed by atoms with Crippen LogP contribution in [0.3, 0.4) is 0 Å². The Labute approximate surface area is 226 Å². The molecule has 0 radical (unpaired) electrons. The van der Waals surface area contributed by atoms with Crippen LogP contribution in [0.5, 0.6) is 0 Å². The minimum atomic E-state index is -0.565. The molecule has 3 aromatic carbocycles. The van der Waals surface area contributed by atoms with Crippen LogP contribution in [0.1, 0.15) is 48.8 Å². The first-order chi connectivity index (χ1) is 18.7. The summed E-state index contributed by atoms with van der Waals surface area (Å²) in [5, 5.41) is 1.29. The van der Waals surface area contributed by atoms with E-state index < -0.39 is 6.09 Å².